The topological polar surface area (TPSA) is 46.9 Å². The minimum atomic E-state index is -0.0598. The zero-order valence-corrected chi connectivity index (χ0v) is 13.8. The summed E-state index contributed by atoms with van der Waals surface area (Å²) in [4.78, 5) is 12.3. The van der Waals surface area contributed by atoms with Crippen molar-refractivity contribution in [3.8, 4) is 0 Å². The maximum absolute atomic E-state index is 12.3. The zero-order valence-electron chi connectivity index (χ0n) is 13.0. The van der Waals surface area contributed by atoms with Crippen LogP contribution in [0.25, 0.3) is 0 Å². The Balaban J connectivity index is 2.78. The van der Waals surface area contributed by atoms with Crippen LogP contribution in [0.15, 0.2) is 6.07 Å². The van der Waals surface area contributed by atoms with E-state index < -0.39 is 0 Å². The molecule has 5 heteroatoms. The van der Waals surface area contributed by atoms with Crippen LogP contribution in [0.3, 0.4) is 0 Å². The van der Waals surface area contributed by atoms with Gasteiger partial charge in [0.15, 0.2) is 0 Å². The van der Waals surface area contributed by atoms with Crippen molar-refractivity contribution in [2.75, 3.05) is 12.4 Å². The Kier molecular flexibility index (Phi) is 6.53. The van der Waals surface area contributed by atoms with Gasteiger partial charge in [-0.2, -0.15) is 5.10 Å². The highest BCUT2D eigenvalue weighted by molar-refractivity contribution is 6.18. The van der Waals surface area contributed by atoms with Gasteiger partial charge in [0.25, 0.3) is 5.91 Å². The summed E-state index contributed by atoms with van der Waals surface area (Å²) in [7, 11) is 0. The maximum Gasteiger partial charge on any atom is 0.269 e. The van der Waals surface area contributed by atoms with Crippen LogP contribution >= 0.6 is 11.6 Å². The SMILES string of the molecule is CCc1cc(C(=O)NCC(CC)(CC)CCl)n(CC)n1. The number of nitrogens with zero attached hydrogens (tertiary/aromatic N) is 2. The number of carbonyl (C=O) groups is 1. The van der Waals surface area contributed by atoms with E-state index in [-0.39, 0.29) is 11.3 Å². The highest BCUT2D eigenvalue weighted by atomic mass is 35.5. The molecular weight excluding hydrogens is 274 g/mol. The lowest BCUT2D eigenvalue weighted by atomic mass is 9.84. The summed E-state index contributed by atoms with van der Waals surface area (Å²) in [6.07, 6.45) is 2.75. The third-order valence-corrected chi connectivity index (χ3v) is 4.70. The van der Waals surface area contributed by atoms with E-state index in [1.807, 2.05) is 19.9 Å². The van der Waals surface area contributed by atoms with E-state index in [0.29, 0.717) is 24.7 Å². The van der Waals surface area contributed by atoms with Crippen molar-refractivity contribution in [1.29, 1.82) is 0 Å². The number of carbonyl (C=O) groups excluding carboxylic acids is 1. The van der Waals surface area contributed by atoms with Crippen LogP contribution in [-0.2, 0) is 13.0 Å². The molecule has 1 aromatic heterocycles. The fourth-order valence-electron chi connectivity index (χ4n) is 2.16. The summed E-state index contributed by atoms with van der Waals surface area (Å²) in [6, 6.07) is 1.87. The summed E-state index contributed by atoms with van der Waals surface area (Å²) in [5.74, 6) is 0.503. The molecule has 0 aliphatic carbocycles. The minimum absolute atomic E-state index is 0.0120. The third kappa shape index (κ3) is 3.75. The van der Waals surface area contributed by atoms with Crippen LogP contribution in [0.5, 0.6) is 0 Å². The van der Waals surface area contributed by atoms with Crippen molar-refractivity contribution in [1.82, 2.24) is 15.1 Å². The number of hydrogen-bond acceptors (Lipinski definition) is 2. The molecule has 0 atom stereocenters. The molecule has 1 heterocycles. The van der Waals surface area contributed by atoms with Gasteiger partial charge in [0.2, 0.25) is 0 Å². The number of halogens is 1. The molecular formula is C15H26ClN3O. The van der Waals surface area contributed by atoms with Gasteiger partial charge in [0.05, 0.1) is 5.69 Å². The predicted molar refractivity (Wildman–Crippen MR) is 83.3 cm³/mol. The second kappa shape index (κ2) is 7.67. The molecule has 0 spiro atoms. The largest absolute Gasteiger partial charge is 0.350 e. The lowest BCUT2D eigenvalue weighted by Gasteiger charge is -2.29. The number of aromatic nitrogens is 2. The number of hydrogen-bond donors (Lipinski definition) is 1. The van der Waals surface area contributed by atoms with Gasteiger partial charge in [-0.15, -0.1) is 11.6 Å². The molecule has 114 valence electrons. The van der Waals surface area contributed by atoms with Crippen molar-refractivity contribution in [2.24, 2.45) is 5.41 Å². The standard InChI is InChI=1S/C15H26ClN3O/c1-5-12-9-13(19(8-4)18-12)14(20)17-11-15(6-2,7-3)10-16/h9H,5-8,10-11H2,1-4H3,(H,17,20). The Bertz CT molecular complexity index is 430. The number of aryl methyl sites for hydroxylation is 2. The lowest BCUT2D eigenvalue weighted by molar-refractivity contribution is 0.0921. The summed E-state index contributed by atoms with van der Waals surface area (Å²) in [5, 5.41) is 7.42. The van der Waals surface area contributed by atoms with Crippen molar-refractivity contribution < 1.29 is 4.79 Å². The van der Waals surface area contributed by atoms with Crippen LogP contribution in [0.1, 0.15) is 56.7 Å². The van der Waals surface area contributed by atoms with Gasteiger partial charge in [0.1, 0.15) is 5.69 Å². The molecule has 0 aliphatic rings. The van der Waals surface area contributed by atoms with Crippen molar-refractivity contribution in [3.05, 3.63) is 17.5 Å². The third-order valence-electron chi connectivity index (χ3n) is 4.13. The van der Waals surface area contributed by atoms with Gasteiger partial charge in [-0.1, -0.05) is 20.8 Å². The second-order valence-corrected chi connectivity index (χ2v) is 5.48. The fraction of sp³-hybridized carbons (Fsp3) is 0.733. The Morgan fingerprint density at radius 3 is 2.45 bits per heavy atom. The fourth-order valence-corrected chi connectivity index (χ4v) is 2.63. The van der Waals surface area contributed by atoms with Crippen LogP contribution in [0.4, 0.5) is 0 Å². The number of alkyl halides is 1. The van der Waals surface area contributed by atoms with Gasteiger partial charge >= 0.3 is 0 Å². The summed E-state index contributed by atoms with van der Waals surface area (Å²) in [5.41, 5.74) is 1.58. The molecule has 0 bridgehead atoms. The monoisotopic (exact) mass is 299 g/mol. The molecule has 0 aliphatic heterocycles. The number of nitrogens with one attached hydrogen (secondary N) is 1. The van der Waals surface area contributed by atoms with Crippen molar-refractivity contribution in [2.45, 2.75) is 53.5 Å². The molecule has 0 radical (unpaired) electrons. The predicted octanol–water partition coefficient (Wildman–Crippen LogP) is 3.24. The highest BCUT2D eigenvalue weighted by Gasteiger charge is 2.26. The van der Waals surface area contributed by atoms with E-state index >= 15 is 0 Å². The molecule has 0 saturated heterocycles. The second-order valence-electron chi connectivity index (χ2n) is 5.21. The molecule has 1 N–H and O–H groups in total. The van der Waals surface area contributed by atoms with Gasteiger partial charge in [-0.3, -0.25) is 9.48 Å². The van der Waals surface area contributed by atoms with Crippen LogP contribution in [0.2, 0.25) is 0 Å². The van der Waals surface area contributed by atoms with E-state index in [1.54, 1.807) is 4.68 Å². The molecule has 0 fully saturated rings. The lowest BCUT2D eigenvalue weighted by Crippen LogP contribution is -2.38. The Morgan fingerprint density at radius 1 is 1.35 bits per heavy atom. The summed E-state index contributed by atoms with van der Waals surface area (Å²) < 4.78 is 1.76. The first-order valence-electron chi connectivity index (χ1n) is 7.46. The average molecular weight is 300 g/mol. The molecule has 20 heavy (non-hydrogen) atoms. The number of amides is 1. The highest BCUT2D eigenvalue weighted by Crippen LogP contribution is 2.27. The molecule has 1 rings (SSSR count). The van der Waals surface area contributed by atoms with Crippen molar-refractivity contribution in [3.63, 3.8) is 0 Å². The molecule has 0 aromatic carbocycles. The van der Waals surface area contributed by atoms with Gasteiger partial charge in [-0.25, -0.2) is 0 Å². The first-order chi connectivity index (χ1) is 9.55. The first-order valence-corrected chi connectivity index (χ1v) is 8.00. The normalized spacial score (nSPS) is 11.7. The van der Waals surface area contributed by atoms with Crippen LogP contribution in [-0.4, -0.2) is 28.1 Å². The summed E-state index contributed by atoms with van der Waals surface area (Å²) >= 11 is 6.07. The Hall–Kier alpha value is -1.03. The maximum atomic E-state index is 12.3. The minimum Gasteiger partial charge on any atom is -0.350 e. The van der Waals surface area contributed by atoms with E-state index in [0.717, 1.165) is 25.0 Å². The molecule has 1 aromatic rings. The number of rotatable bonds is 8. The first kappa shape index (κ1) is 17.0. The van der Waals surface area contributed by atoms with Crippen LogP contribution < -0.4 is 5.32 Å². The van der Waals surface area contributed by atoms with Gasteiger partial charge in [0, 0.05) is 24.4 Å². The van der Waals surface area contributed by atoms with Gasteiger partial charge < -0.3 is 5.32 Å². The Labute approximate surface area is 126 Å². The van der Waals surface area contributed by atoms with E-state index in [1.165, 1.54) is 0 Å². The van der Waals surface area contributed by atoms with Gasteiger partial charge in [-0.05, 0) is 32.3 Å². The summed E-state index contributed by atoms with van der Waals surface area (Å²) in [6.45, 7) is 9.57. The molecule has 1 amide bonds. The molecule has 0 unspecified atom stereocenters. The van der Waals surface area contributed by atoms with Crippen molar-refractivity contribution >= 4 is 17.5 Å². The molecule has 4 nitrogen and oxygen atoms in total. The van der Waals surface area contributed by atoms with Crippen LogP contribution in [0, 0.1) is 5.41 Å². The Morgan fingerprint density at radius 2 is 2.00 bits per heavy atom. The van der Waals surface area contributed by atoms with E-state index in [4.69, 9.17) is 11.6 Å². The average Bonchev–Trinajstić information content (AvgIpc) is 2.92. The zero-order chi connectivity index (χ0) is 15.2. The quantitative estimate of drug-likeness (QED) is 0.749. The van der Waals surface area contributed by atoms with E-state index in [2.05, 4.69) is 24.3 Å². The smallest absolute Gasteiger partial charge is 0.269 e. The van der Waals surface area contributed by atoms with E-state index in [9.17, 15) is 4.79 Å². The molecule has 0 saturated carbocycles.